The predicted octanol–water partition coefficient (Wildman–Crippen LogP) is 21.1. The molecule has 0 aromatic carbocycles. The molecule has 0 aromatic rings. The maximum absolute atomic E-state index is 13.2. The van der Waals surface area contributed by atoms with E-state index in [2.05, 4.69) is 92.1 Å². The number of aliphatic hydroxyl groups is 5. The minimum Gasteiger partial charge on any atom is -0.394 e. The number of carbonyl (C=O) groups excluding carboxylic acids is 1. The zero-order valence-corrected chi connectivity index (χ0v) is 57.0. The highest BCUT2D eigenvalue weighted by Crippen LogP contribution is 2.24. The molecule has 0 saturated carbocycles. The van der Waals surface area contributed by atoms with E-state index in [4.69, 9.17) is 9.47 Å². The van der Waals surface area contributed by atoms with E-state index in [0.29, 0.717) is 12.8 Å². The molecule has 1 aliphatic rings. The van der Waals surface area contributed by atoms with Crippen LogP contribution in [0.25, 0.3) is 0 Å². The molecule has 1 heterocycles. The molecule has 87 heavy (non-hydrogen) atoms. The SMILES string of the molecule is CC/C=C\C/C=C\C/C=C\C/C=C\C/C=C\C/C=C\CCCCCCCCCCCCCCCCC(=O)NC(COC1OC(CO)C(O)C(O)C1O)C(O)CCCCCCCCCCCCCCCCCCCCCCCCCCCCCCCCC. The van der Waals surface area contributed by atoms with Gasteiger partial charge < -0.3 is 40.3 Å². The summed E-state index contributed by atoms with van der Waals surface area (Å²) in [7, 11) is 0. The predicted molar refractivity (Wildman–Crippen MR) is 373 cm³/mol. The molecule has 0 aromatic heterocycles. The van der Waals surface area contributed by atoms with Crippen LogP contribution in [0.5, 0.6) is 0 Å². The largest absolute Gasteiger partial charge is 0.394 e. The van der Waals surface area contributed by atoms with Crippen LogP contribution < -0.4 is 5.32 Å². The van der Waals surface area contributed by atoms with Gasteiger partial charge in [-0.25, -0.2) is 0 Å². The van der Waals surface area contributed by atoms with Crippen LogP contribution >= 0.6 is 0 Å². The fourth-order valence-electron chi connectivity index (χ4n) is 12.0. The summed E-state index contributed by atoms with van der Waals surface area (Å²) in [5.41, 5.74) is 0. The van der Waals surface area contributed by atoms with Crippen molar-refractivity contribution in [3.05, 3.63) is 72.9 Å². The summed E-state index contributed by atoms with van der Waals surface area (Å²) in [5.74, 6) is -0.141. The quantitative estimate of drug-likeness (QED) is 0.0261. The Morgan fingerprint density at radius 1 is 0.402 bits per heavy atom. The zero-order valence-electron chi connectivity index (χ0n) is 57.0. The Labute approximate surface area is 538 Å². The van der Waals surface area contributed by atoms with Crippen molar-refractivity contribution in [1.29, 1.82) is 0 Å². The highest BCUT2D eigenvalue weighted by molar-refractivity contribution is 5.76. The molecule has 0 bridgehead atoms. The lowest BCUT2D eigenvalue weighted by molar-refractivity contribution is -0.302. The van der Waals surface area contributed by atoms with Crippen molar-refractivity contribution in [3.63, 3.8) is 0 Å². The maximum atomic E-state index is 13.2. The number of carbonyl (C=O) groups is 1. The second-order valence-corrected chi connectivity index (χ2v) is 26.1. The van der Waals surface area contributed by atoms with Crippen molar-refractivity contribution in [1.82, 2.24) is 5.32 Å². The van der Waals surface area contributed by atoms with Crippen LogP contribution in [0.2, 0.25) is 0 Å². The lowest BCUT2D eigenvalue weighted by Gasteiger charge is -2.40. The molecule has 1 rings (SSSR count). The molecule has 6 N–H and O–H groups in total. The Balaban J connectivity index is 2.09. The van der Waals surface area contributed by atoms with E-state index >= 15 is 0 Å². The fraction of sp³-hybridized carbons (Fsp3) is 0.833. The first-order valence-electron chi connectivity index (χ1n) is 37.6. The Morgan fingerprint density at radius 3 is 1.06 bits per heavy atom. The van der Waals surface area contributed by atoms with Crippen LogP contribution in [0.1, 0.15) is 361 Å². The number of amides is 1. The number of allylic oxidation sites excluding steroid dienone is 12. The van der Waals surface area contributed by atoms with Gasteiger partial charge in [-0.3, -0.25) is 4.79 Å². The summed E-state index contributed by atoms with van der Waals surface area (Å²) < 4.78 is 11.4. The molecule has 1 fully saturated rings. The normalized spacial score (nSPS) is 18.4. The maximum Gasteiger partial charge on any atom is 0.220 e. The molecule has 0 spiro atoms. The van der Waals surface area contributed by atoms with Crippen molar-refractivity contribution in [2.75, 3.05) is 13.2 Å². The highest BCUT2D eigenvalue weighted by atomic mass is 16.7. The molecule has 9 nitrogen and oxygen atoms in total. The van der Waals surface area contributed by atoms with Crippen LogP contribution in [-0.2, 0) is 14.3 Å². The second kappa shape index (κ2) is 66.5. The third-order valence-electron chi connectivity index (χ3n) is 17.8. The average Bonchev–Trinajstić information content (AvgIpc) is 3.38. The first-order valence-corrected chi connectivity index (χ1v) is 37.6. The topological polar surface area (TPSA) is 149 Å². The molecule has 0 aliphatic carbocycles. The standard InChI is InChI=1S/C78H143NO8/c1-3-5-7-9-11-13-15-17-19-21-23-25-27-29-31-33-35-36-38-40-42-44-46-48-50-52-54-56-58-60-62-64-66-68-74(82)79-71(70-86-78-77(85)76(84)75(83)73(69-80)87-78)72(81)67-65-63-61-59-57-55-53-51-49-47-45-43-41-39-37-34-32-30-28-26-24-22-20-18-16-14-12-10-8-6-4-2/h5,7,11,13,17,19,23,25,29,31,35-36,71-73,75-78,80-81,83-85H,3-4,6,8-10,12,14-16,18,20-22,24,26-28,30,32-34,37-70H2,1-2H3,(H,79,82)/b7-5-,13-11-,19-17-,25-23-,31-29-,36-35-. The van der Waals surface area contributed by atoms with Crippen LogP contribution in [0.15, 0.2) is 72.9 Å². The van der Waals surface area contributed by atoms with Crippen molar-refractivity contribution in [2.24, 2.45) is 0 Å². The number of hydrogen-bond acceptors (Lipinski definition) is 8. The van der Waals surface area contributed by atoms with Crippen LogP contribution in [0.4, 0.5) is 0 Å². The first-order chi connectivity index (χ1) is 42.8. The van der Waals surface area contributed by atoms with Crippen molar-refractivity contribution >= 4 is 5.91 Å². The van der Waals surface area contributed by atoms with E-state index in [-0.39, 0.29) is 12.5 Å². The molecule has 1 amide bonds. The van der Waals surface area contributed by atoms with Gasteiger partial charge in [-0.1, -0.05) is 363 Å². The van der Waals surface area contributed by atoms with Gasteiger partial charge in [0.25, 0.3) is 0 Å². The summed E-state index contributed by atoms with van der Waals surface area (Å²) >= 11 is 0. The number of nitrogens with one attached hydrogen (secondary N) is 1. The summed E-state index contributed by atoms with van der Waals surface area (Å²) in [4.78, 5) is 13.2. The van der Waals surface area contributed by atoms with Gasteiger partial charge >= 0.3 is 0 Å². The number of ether oxygens (including phenoxy) is 2. The van der Waals surface area contributed by atoms with Gasteiger partial charge in [0.1, 0.15) is 24.4 Å². The van der Waals surface area contributed by atoms with E-state index < -0.39 is 49.5 Å². The number of aliphatic hydroxyl groups excluding tert-OH is 5. The molecule has 7 unspecified atom stereocenters. The third-order valence-corrected chi connectivity index (χ3v) is 17.8. The zero-order chi connectivity index (χ0) is 62.8. The highest BCUT2D eigenvalue weighted by Gasteiger charge is 2.44. The van der Waals surface area contributed by atoms with Crippen molar-refractivity contribution < 1.29 is 39.8 Å². The minimum absolute atomic E-state index is 0.138. The van der Waals surface area contributed by atoms with Gasteiger partial charge in [0.15, 0.2) is 6.29 Å². The number of unbranched alkanes of at least 4 members (excludes halogenated alkanes) is 44. The summed E-state index contributed by atoms with van der Waals surface area (Å²) in [6, 6.07) is -0.725. The van der Waals surface area contributed by atoms with Gasteiger partial charge in [-0.15, -0.1) is 0 Å². The van der Waals surface area contributed by atoms with E-state index in [1.54, 1.807) is 0 Å². The Bertz CT molecular complexity index is 1610. The van der Waals surface area contributed by atoms with Gasteiger partial charge in [-0.2, -0.15) is 0 Å². The lowest BCUT2D eigenvalue weighted by Crippen LogP contribution is -2.60. The van der Waals surface area contributed by atoms with Gasteiger partial charge in [0, 0.05) is 6.42 Å². The van der Waals surface area contributed by atoms with E-state index in [9.17, 15) is 30.3 Å². The fourth-order valence-corrected chi connectivity index (χ4v) is 12.0. The van der Waals surface area contributed by atoms with E-state index in [0.717, 1.165) is 77.0 Å². The Morgan fingerprint density at radius 2 is 0.713 bits per heavy atom. The average molecular weight is 1220 g/mol. The summed E-state index contributed by atoms with van der Waals surface area (Å²) in [6.07, 6.45) is 87.0. The minimum atomic E-state index is -1.56. The summed E-state index contributed by atoms with van der Waals surface area (Å²) in [5, 5.41) is 55.0. The smallest absolute Gasteiger partial charge is 0.220 e. The molecule has 508 valence electrons. The lowest BCUT2D eigenvalue weighted by atomic mass is 9.99. The van der Waals surface area contributed by atoms with Crippen molar-refractivity contribution in [3.8, 4) is 0 Å². The molecular formula is C78H143NO8. The first kappa shape index (κ1) is 82.6. The molecular weight excluding hydrogens is 1080 g/mol. The molecule has 1 saturated heterocycles. The van der Waals surface area contributed by atoms with Crippen molar-refractivity contribution in [2.45, 2.75) is 403 Å². The van der Waals surface area contributed by atoms with Gasteiger partial charge in [-0.05, 0) is 64.2 Å². The van der Waals surface area contributed by atoms with Crippen LogP contribution in [0, 0.1) is 0 Å². The number of hydrogen-bond donors (Lipinski definition) is 6. The second-order valence-electron chi connectivity index (χ2n) is 26.1. The van der Waals surface area contributed by atoms with Gasteiger partial charge in [0.05, 0.1) is 25.4 Å². The Hall–Kier alpha value is -2.37. The summed E-state index contributed by atoms with van der Waals surface area (Å²) in [6.45, 7) is 3.77. The number of rotatable bonds is 66. The van der Waals surface area contributed by atoms with E-state index in [1.807, 2.05) is 0 Å². The van der Waals surface area contributed by atoms with Gasteiger partial charge in [0.2, 0.25) is 5.91 Å². The van der Waals surface area contributed by atoms with Crippen LogP contribution in [-0.4, -0.2) is 87.5 Å². The molecule has 7 atom stereocenters. The molecule has 1 aliphatic heterocycles. The third kappa shape index (κ3) is 55.0. The monoisotopic (exact) mass is 1220 g/mol. The molecule has 9 heteroatoms. The van der Waals surface area contributed by atoms with E-state index in [1.165, 1.54) is 257 Å². The van der Waals surface area contributed by atoms with Crippen LogP contribution in [0.3, 0.4) is 0 Å². The molecule has 0 radical (unpaired) electrons. The Kier molecular flexibility index (Phi) is 63.2.